The number of hydrogen-bond donors (Lipinski definition) is 2. The van der Waals surface area contributed by atoms with Crippen molar-refractivity contribution in [3.05, 3.63) is 23.8 Å². The minimum absolute atomic E-state index is 0.0157. The van der Waals surface area contributed by atoms with Crippen LogP contribution >= 0.6 is 0 Å². The van der Waals surface area contributed by atoms with Gasteiger partial charge in [-0.3, -0.25) is 4.79 Å². The Morgan fingerprint density at radius 3 is 2.72 bits per heavy atom. The molecule has 0 aliphatic heterocycles. The molecule has 1 rings (SSSR count). The molecule has 1 amide bonds. The summed E-state index contributed by atoms with van der Waals surface area (Å²) in [5, 5.41) is 6.01. The fraction of sp³-hybridized carbons (Fsp3) is 0.615. The van der Waals surface area contributed by atoms with Crippen LogP contribution in [0.2, 0.25) is 0 Å². The highest BCUT2D eigenvalue weighted by Crippen LogP contribution is 1.99. The van der Waals surface area contributed by atoms with E-state index < -0.39 is 0 Å². The van der Waals surface area contributed by atoms with Gasteiger partial charge in [0.15, 0.2) is 0 Å². The van der Waals surface area contributed by atoms with E-state index in [4.69, 9.17) is 0 Å². The zero-order chi connectivity index (χ0) is 13.5. The van der Waals surface area contributed by atoms with Gasteiger partial charge >= 0.3 is 0 Å². The molecule has 1 aromatic rings. The molecule has 2 N–H and O–H groups in total. The van der Waals surface area contributed by atoms with Crippen LogP contribution in [0.5, 0.6) is 0 Å². The summed E-state index contributed by atoms with van der Waals surface area (Å²) < 4.78 is 0. The maximum atomic E-state index is 11.6. The molecule has 0 aliphatic carbocycles. The lowest BCUT2D eigenvalue weighted by atomic mass is 10.1. The first kappa shape index (κ1) is 14.6. The Morgan fingerprint density at radius 2 is 2.11 bits per heavy atom. The second kappa shape index (κ2) is 7.06. The first-order valence-corrected chi connectivity index (χ1v) is 6.27. The monoisotopic (exact) mass is 250 g/mol. The van der Waals surface area contributed by atoms with Gasteiger partial charge in [0, 0.05) is 18.8 Å². The van der Waals surface area contributed by atoms with E-state index in [-0.39, 0.29) is 11.9 Å². The van der Waals surface area contributed by atoms with Gasteiger partial charge in [-0.2, -0.15) is 0 Å². The maximum absolute atomic E-state index is 11.6. The van der Waals surface area contributed by atoms with Crippen LogP contribution in [0, 0.1) is 12.8 Å². The van der Waals surface area contributed by atoms with Crippen LogP contribution in [0.25, 0.3) is 0 Å². The SMILES string of the molecule is Cc1nccc(CNCC(=O)NC(C)C(C)C)n1. The lowest BCUT2D eigenvalue weighted by molar-refractivity contribution is -0.121. The second-order valence-corrected chi connectivity index (χ2v) is 4.80. The summed E-state index contributed by atoms with van der Waals surface area (Å²) in [4.78, 5) is 19.9. The summed E-state index contributed by atoms with van der Waals surface area (Å²) in [5.74, 6) is 1.20. The summed E-state index contributed by atoms with van der Waals surface area (Å²) in [6, 6.07) is 2.04. The van der Waals surface area contributed by atoms with Crippen molar-refractivity contribution in [1.82, 2.24) is 20.6 Å². The van der Waals surface area contributed by atoms with Crippen LogP contribution in [-0.4, -0.2) is 28.5 Å². The van der Waals surface area contributed by atoms with Crippen LogP contribution < -0.4 is 10.6 Å². The zero-order valence-corrected chi connectivity index (χ0v) is 11.5. The number of nitrogens with one attached hydrogen (secondary N) is 2. The molecule has 18 heavy (non-hydrogen) atoms. The van der Waals surface area contributed by atoms with Crippen molar-refractivity contribution in [2.24, 2.45) is 5.92 Å². The van der Waals surface area contributed by atoms with Crippen molar-refractivity contribution >= 4 is 5.91 Å². The number of hydrogen-bond acceptors (Lipinski definition) is 4. The summed E-state index contributed by atoms with van der Waals surface area (Å²) in [7, 11) is 0. The third-order valence-electron chi connectivity index (χ3n) is 2.81. The van der Waals surface area contributed by atoms with Crippen molar-refractivity contribution in [3.8, 4) is 0 Å². The van der Waals surface area contributed by atoms with E-state index in [0.717, 1.165) is 11.5 Å². The van der Waals surface area contributed by atoms with Gasteiger partial charge in [-0.15, -0.1) is 0 Å². The van der Waals surface area contributed by atoms with Gasteiger partial charge in [0.2, 0.25) is 5.91 Å². The van der Waals surface area contributed by atoms with Gasteiger partial charge in [0.25, 0.3) is 0 Å². The molecule has 1 heterocycles. The number of aryl methyl sites for hydroxylation is 1. The molecule has 0 fully saturated rings. The molecule has 0 aromatic carbocycles. The van der Waals surface area contributed by atoms with Crippen molar-refractivity contribution in [3.63, 3.8) is 0 Å². The Bertz CT molecular complexity index is 392. The maximum Gasteiger partial charge on any atom is 0.234 e. The molecular formula is C13H22N4O. The van der Waals surface area contributed by atoms with E-state index in [1.54, 1.807) is 6.20 Å². The predicted octanol–water partition coefficient (Wildman–Crippen LogP) is 1.04. The minimum Gasteiger partial charge on any atom is -0.352 e. The standard InChI is InChI=1S/C13H22N4O/c1-9(2)10(3)16-13(18)8-14-7-12-5-6-15-11(4)17-12/h5-6,9-10,14H,7-8H2,1-4H3,(H,16,18). The topological polar surface area (TPSA) is 66.9 Å². The third kappa shape index (κ3) is 5.23. The van der Waals surface area contributed by atoms with Gasteiger partial charge in [0.05, 0.1) is 12.2 Å². The summed E-state index contributed by atoms with van der Waals surface area (Å²) >= 11 is 0. The average molecular weight is 250 g/mol. The van der Waals surface area contributed by atoms with E-state index in [1.165, 1.54) is 0 Å². The van der Waals surface area contributed by atoms with Gasteiger partial charge < -0.3 is 10.6 Å². The summed E-state index contributed by atoms with van der Waals surface area (Å²) in [5.41, 5.74) is 0.896. The highest BCUT2D eigenvalue weighted by atomic mass is 16.1. The lowest BCUT2D eigenvalue weighted by Crippen LogP contribution is -2.41. The van der Waals surface area contributed by atoms with Crippen molar-refractivity contribution in [2.45, 2.75) is 40.3 Å². The smallest absolute Gasteiger partial charge is 0.234 e. The lowest BCUT2D eigenvalue weighted by Gasteiger charge is -2.17. The largest absolute Gasteiger partial charge is 0.352 e. The van der Waals surface area contributed by atoms with E-state index >= 15 is 0 Å². The molecule has 5 nitrogen and oxygen atoms in total. The Hall–Kier alpha value is -1.49. The Kier molecular flexibility index (Phi) is 5.71. The van der Waals surface area contributed by atoms with E-state index in [9.17, 15) is 4.79 Å². The molecular weight excluding hydrogens is 228 g/mol. The molecule has 0 radical (unpaired) electrons. The molecule has 0 spiro atoms. The second-order valence-electron chi connectivity index (χ2n) is 4.80. The summed E-state index contributed by atoms with van der Waals surface area (Å²) in [6.07, 6.45) is 1.72. The number of amides is 1. The highest BCUT2D eigenvalue weighted by Gasteiger charge is 2.10. The van der Waals surface area contributed by atoms with Crippen molar-refractivity contribution in [2.75, 3.05) is 6.54 Å². The highest BCUT2D eigenvalue weighted by molar-refractivity contribution is 5.78. The Morgan fingerprint density at radius 1 is 1.39 bits per heavy atom. The number of carbonyl (C=O) groups is 1. The number of nitrogens with zero attached hydrogens (tertiary/aromatic N) is 2. The van der Waals surface area contributed by atoms with E-state index in [0.29, 0.717) is 19.0 Å². The number of aromatic nitrogens is 2. The predicted molar refractivity (Wildman–Crippen MR) is 70.9 cm³/mol. The van der Waals surface area contributed by atoms with Crippen molar-refractivity contribution in [1.29, 1.82) is 0 Å². The molecule has 0 aliphatic rings. The van der Waals surface area contributed by atoms with Crippen LogP contribution in [0.3, 0.4) is 0 Å². The van der Waals surface area contributed by atoms with Gasteiger partial charge in [-0.25, -0.2) is 9.97 Å². The quantitative estimate of drug-likeness (QED) is 0.791. The van der Waals surface area contributed by atoms with Crippen LogP contribution in [-0.2, 0) is 11.3 Å². The molecule has 5 heteroatoms. The molecule has 100 valence electrons. The average Bonchev–Trinajstić information content (AvgIpc) is 2.28. The van der Waals surface area contributed by atoms with Crippen LogP contribution in [0.4, 0.5) is 0 Å². The van der Waals surface area contributed by atoms with Gasteiger partial charge in [0.1, 0.15) is 5.82 Å². The normalized spacial score (nSPS) is 12.5. The molecule has 0 bridgehead atoms. The fourth-order valence-corrected chi connectivity index (χ4v) is 1.38. The number of carbonyl (C=O) groups excluding carboxylic acids is 1. The van der Waals surface area contributed by atoms with Crippen LogP contribution in [0.1, 0.15) is 32.3 Å². The van der Waals surface area contributed by atoms with Gasteiger partial charge in [-0.1, -0.05) is 13.8 Å². The minimum atomic E-state index is 0.0157. The first-order valence-electron chi connectivity index (χ1n) is 6.27. The number of rotatable bonds is 6. The molecule has 1 atom stereocenters. The van der Waals surface area contributed by atoms with Crippen LogP contribution in [0.15, 0.2) is 12.3 Å². The molecule has 0 saturated carbocycles. The third-order valence-corrected chi connectivity index (χ3v) is 2.81. The first-order chi connectivity index (χ1) is 8.49. The Labute approximate surface area is 108 Å². The van der Waals surface area contributed by atoms with Gasteiger partial charge in [-0.05, 0) is 25.8 Å². The fourth-order valence-electron chi connectivity index (χ4n) is 1.38. The van der Waals surface area contributed by atoms with Crippen molar-refractivity contribution < 1.29 is 4.79 Å². The van der Waals surface area contributed by atoms with E-state index in [1.807, 2.05) is 19.9 Å². The molecule has 1 aromatic heterocycles. The molecule has 0 saturated heterocycles. The summed E-state index contributed by atoms with van der Waals surface area (Å²) in [6.45, 7) is 8.91. The Balaban J connectivity index is 2.27. The van der Waals surface area contributed by atoms with E-state index in [2.05, 4.69) is 34.4 Å². The zero-order valence-electron chi connectivity index (χ0n) is 11.5. The molecule has 1 unspecified atom stereocenters.